The molecule has 0 aliphatic heterocycles. The van der Waals surface area contributed by atoms with Crippen LogP contribution in [-0.4, -0.2) is 29.5 Å². The molecular weight excluding hydrogens is 168 g/mol. The lowest BCUT2D eigenvalue weighted by atomic mass is 10.2. The van der Waals surface area contributed by atoms with Crippen LogP contribution in [0.25, 0.3) is 0 Å². The second-order valence-corrected chi connectivity index (χ2v) is 2.92. The van der Waals surface area contributed by atoms with Gasteiger partial charge in [-0.25, -0.2) is 0 Å². The topological polar surface area (TPSA) is 49.7 Å². The Labute approximate surface area is 77.6 Å². The Hall–Kier alpha value is -1.06. The molecule has 0 spiro atoms. The molecule has 13 heavy (non-hydrogen) atoms. The summed E-state index contributed by atoms with van der Waals surface area (Å²) in [5.41, 5.74) is 1.15. The molecule has 1 aromatic rings. The molecule has 0 amide bonds. The van der Waals surface area contributed by atoms with Gasteiger partial charge in [0.25, 0.3) is 0 Å². The van der Waals surface area contributed by atoms with Gasteiger partial charge in [0.15, 0.2) is 0 Å². The van der Waals surface area contributed by atoms with Gasteiger partial charge in [-0.05, 0) is 19.1 Å². The number of hydrogen-bond donors (Lipinski definition) is 2. The van der Waals surface area contributed by atoms with E-state index < -0.39 is 6.10 Å². The molecule has 0 bridgehead atoms. The summed E-state index contributed by atoms with van der Waals surface area (Å²) in [4.78, 5) is 0. The first kappa shape index (κ1) is 10.0. The molecule has 0 saturated heterocycles. The van der Waals surface area contributed by atoms with E-state index in [-0.39, 0.29) is 13.2 Å². The molecule has 0 fully saturated rings. The van der Waals surface area contributed by atoms with Crippen LogP contribution in [0.5, 0.6) is 5.75 Å². The van der Waals surface area contributed by atoms with E-state index >= 15 is 0 Å². The predicted octanol–water partition coefficient (Wildman–Crippen LogP) is 0.727. The fourth-order valence-electron chi connectivity index (χ4n) is 0.942. The number of aryl methyl sites for hydroxylation is 1. The SMILES string of the molecule is Cc1ccc(OC(CO)CO)cc1. The van der Waals surface area contributed by atoms with Crippen molar-refractivity contribution in [2.45, 2.75) is 13.0 Å². The Morgan fingerprint density at radius 2 is 1.69 bits per heavy atom. The van der Waals surface area contributed by atoms with Crippen LogP contribution in [0.1, 0.15) is 5.56 Å². The van der Waals surface area contributed by atoms with E-state index in [0.717, 1.165) is 5.56 Å². The third-order valence-corrected chi connectivity index (χ3v) is 1.73. The maximum absolute atomic E-state index is 8.76. The third kappa shape index (κ3) is 3.05. The van der Waals surface area contributed by atoms with Crippen LogP contribution in [0.2, 0.25) is 0 Å². The van der Waals surface area contributed by atoms with Gasteiger partial charge >= 0.3 is 0 Å². The largest absolute Gasteiger partial charge is 0.486 e. The minimum absolute atomic E-state index is 0.176. The number of rotatable bonds is 4. The first-order valence-electron chi connectivity index (χ1n) is 4.21. The standard InChI is InChI=1S/C10H14O3/c1-8-2-4-9(5-3-8)13-10(6-11)7-12/h2-5,10-12H,6-7H2,1H3. The van der Waals surface area contributed by atoms with Crippen LogP contribution < -0.4 is 4.74 Å². The molecule has 0 aliphatic carbocycles. The Morgan fingerprint density at radius 3 is 2.15 bits per heavy atom. The lowest BCUT2D eigenvalue weighted by molar-refractivity contribution is 0.0629. The van der Waals surface area contributed by atoms with Crippen molar-refractivity contribution in [2.75, 3.05) is 13.2 Å². The highest BCUT2D eigenvalue weighted by atomic mass is 16.5. The van der Waals surface area contributed by atoms with Gasteiger partial charge in [0.2, 0.25) is 0 Å². The summed E-state index contributed by atoms with van der Waals surface area (Å²) in [6, 6.07) is 7.46. The van der Waals surface area contributed by atoms with E-state index in [1.54, 1.807) is 0 Å². The number of benzene rings is 1. The molecule has 2 N–H and O–H groups in total. The van der Waals surface area contributed by atoms with Crippen LogP contribution in [0.3, 0.4) is 0 Å². The maximum Gasteiger partial charge on any atom is 0.145 e. The molecule has 0 unspecified atom stereocenters. The van der Waals surface area contributed by atoms with Crippen LogP contribution in [0.15, 0.2) is 24.3 Å². The number of ether oxygens (including phenoxy) is 1. The van der Waals surface area contributed by atoms with Crippen molar-refractivity contribution in [1.29, 1.82) is 0 Å². The lowest BCUT2D eigenvalue weighted by Gasteiger charge is -2.13. The van der Waals surface area contributed by atoms with Crippen molar-refractivity contribution in [3.05, 3.63) is 29.8 Å². The first-order chi connectivity index (χ1) is 6.26. The highest BCUT2D eigenvalue weighted by Gasteiger charge is 2.06. The second kappa shape index (κ2) is 4.84. The van der Waals surface area contributed by atoms with Gasteiger partial charge in [-0.2, -0.15) is 0 Å². The Kier molecular flexibility index (Phi) is 3.73. The summed E-state index contributed by atoms with van der Waals surface area (Å²) >= 11 is 0. The van der Waals surface area contributed by atoms with Crippen LogP contribution >= 0.6 is 0 Å². The van der Waals surface area contributed by atoms with Crippen LogP contribution in [0, 0.1) is 6.92 Å². The van der Waals surface area contributed by atoms with Gasteiger partial charge in [0, 0.05) is 0 Å². The van der Waals surface area contributed by atoms with E-state index in [1.165, 1.54) is 0 Å². The molecule has 72 valence electrons. The third-order valence-electron chi connectivity index (χ3n) is 1.73. The van der Waals surface area contributed by atoms with E-state index in [1.807, 2.05) is 31.2 Å². The van der Waals surface area contributed by atoms with E-state index in [4.69, 9.17) is 14.9 Å². The minimum Gasteiger partial charge on any atom is -0.486 e. The molecular formula is C10H14O3. The van der Waals surface area contributed by atoms with Crippen LogP contribution in [-0.2, 0) is 0 Å². The predicted molar refractivity (Wildman–Crippen MR) is 49.8 cm³/mol. The summed E-state index contributed by atoms with van der Waals surface area (Å²) < 4.78 is 5.27. The average molecular weight is 182 g/mol. The van der Waals surface area contributed by atoms with E-state index in [9.17, 15) is 0 Å². The van der Waals surface area contributed by atoms with Crippen molar-refractivity contribution in [3.63, 3.8) is 0 Å². The van der Waals surface area contributed by atoms with Crippen molar-refractivity contribution in [2.24, 2.45) is 0 Å². The highest BCUT2D eigenvalue weighted by molar-refractivity contribution is 5.26. The molecule has 0 radical (unpaired) electrons. The normalized spacial score (nSPS) is 10.5. The zero-order valence-electron chi connectivity index (χ0n) is 7.60. The van der Waals surface area contributed by atoms with Crippen LogP contribution in [0.4, 0.5) is 0 Å². The monoisotopic (exact) mass is 182 g/mol. The Balaban J connectivity index is 2.58. The van der Waals surface area contributed by atoms with Gasteiger partial charge < -0.3 is 14.9 Å². The fourth-order valence-corrected chi connectivity index (χ4v) is 0.942. The second-order valence-electron chi connectivity index (χ2n) is 2.92. The van der Waals surface area contributed by atoms with Crippen molar-refractivity contribution in [1.82, 2.24) is 0 Å². The van der Waals surface area contributed by atoms with Crippen molar-refractivity contribution >= 4 is 0 Å². The minimum atomic E-state index is -0.525. The Bertz CT molecular complexity index is 239. The molecule has 0 aliphatic rings. The molecule has 0 atom stereocenters. The lowest BCUT2D eigenvalue weighted by Crippen LogP contribution is -2.25. The fraction of sp³-hybridized carbons (Fsp3) is 0.400. The van der Waals surface area contributed by atoms with Gasteiger partial charge in [-0.15, -0.1) is 0 Å². The summed E-state index contributed by atoms with van der Waals surface area (Å²) in [5.74, 6) is 0.665. The summed E-state index contributed by atoms with van der Waals surface area (Å²) in [6.45, 7) is 1.63. The number of hydrogen-bond acceptors (Lipinski definition) is 3. The van der Waals surface area contributed by atoms with Gasteiger partial charge in [0.05, 0.1) is 13.2 Å². The zero-order chi connectivity index (χ0) is 9.68. The molecule has 3 heteroatoms. The zero-order valence-corrected chi connectivity index (χ0v) is 7.60. The summed E-state index contributed by atoms with van der Waals surface area (Å²) in [5, 5.41) is 17.5. The van der Waals surface area contributed by atoms with Gasteiger partial charge in [-0.3, -0.25) is 0 Å². The Morgan fingerprint density at radius 1 is 1.15 bits per heavy atom. The summed E-state index contributed by atoms with van der Waals surface area (Å²) in [6.07, 6.45) is -0.525. The maximum atomic E-state index is 8.76. The van der Waals surface area contributed by atoms with Gasteiger partial charge in [-0.1, -0.05) is 17.7 Å². The molecule has 1 aromatic carbocycles. The van der Waals surface area contributed by atoms with Crippen molar-refractivity contribution < 1.29 is 14.9 Å². The molecule has 1 rings (SSSR count). The number of aliphatic hydroxyl groups is 2. The smallest absolute Gasteiger partial charge is 0.145 e. The molecule has 0 aromatic heterocycles. The highest BCUT2D eigenvalue weighted by Crippen LogP contribution is 2.12. The van der Waals surface area contributed by atoms with E-state index in [0.29, 0.717) is 5.75 Å². The van der Waals surface area contributed by atoms with E-state index in [2.05, 4.69) is 0 Å². The molecule has 0 heterocycles. The summed E-state index contributed by atoms with van der Waals surface area (Å²) in [7, 11) is 0. The molecule has 3 nitrogen and oxygen atoms in total. The van der Waals surface area contributed by atoms with Crippen molar-refractivity contribution in [3.8, 4) is 5.75 Å². The first-order valence-corrected chi connectivity index (χ1v) is 4.21. The average Bonchev–Trinajstić information content (AvgIpc) is 2.17. The molecule has 0 saturated carbocycles. The number of aliphatic hydroxyl groups excluding tert-OH is 2. The quantitative estimate of drug-likeness (QED) is 0.721. The van der Waals surface area contributed by atoms with Gasteiger partial charge in [0.1, 0.15) is 11.9 Å².